The van der Waals surface area contributed by atoms with Gasteiger partial charge in [-0.15, -0.1) is 11.3 Å². The Kier molecular flexibility index (Phi) is 3.59. The van der Waals surface area contributed by atoms with E-state index in [9.17, 15) is 0 Å². The molecule has 5 nitrogen and oxygen atoms in total. The van der Waals surface area contributed by atoms with Crippen molar-refractivity contribution in [3.05, 3.63) is 29.7 Å². The maximum Gasteiger partial charge on any atom is 0.185 e. The van der Waals surface area contributed by atoms with Crippen LogP contribution < -0.4 is 10.2 Å². The second-order valence-corrected chi connectivity index (χ2v) is 5.64. The molecule has 1 saturated heterocycles. The van der Waals surface area contributed by atoms with Crippen molar-refractivity contribution >= 4 is 22.3 Å². The Bertz CT molecular complexity index is 520. The largest absolute Gasteiger partial charge is 0.367 e. The lowest BCUT2D eigenvalue weighted by Crippen LogP contribution is -2.39. The molecule has 1 aliphatic rings. The van der Waals surface area contributed by atoms with E-state index in [1.807, 2.05) is 24.6 Å². The van der Waals surface area contributed by atoms with Gasteiger partial charge in [-0.1, -0.05) is 0 Å². The SMILES string of the molecule is Cc1cc(NC2CCN(c3nccs3)CC2)ncn1. The van der Waals surface area contributed by atoms with Gasteiger partial charge in [-0.25, -0.2) is 15.0 Å². The maximum atomic E-state index is 4.36. The fourth-order valence-corrected chi connectivity index (χ4v) is 3.03. The molecule has 0 saturated carbocycles. The predicted molar refractivity (Wildman–Crippen MR) is 77.7 cm³/mol. The highest BCUT2D eigenvalue weighted by molar-refractivity contribution is 7.13. The molecule has 1 N–H and O–H groups in total. The molecular weight excluding hydrogens is 258 g/mol. The van der Waals surface area contributed by atoms with Crippen LogP contribution in [-0.2, 0) is 0 Å². The third kappa shape index (κ3) is 3.01. The van der Waals surface area contributed by atoms with E-state index in [1.54, 1.807) is 17.7 Å². The maximum absolute atomic E-state index is 4.36. The van der Waals surface area contributed by atoms with Crippen LogP contribution in [0.3, 0.4) is 0 Å². The molecule has 2 aromatic heterocycles. The molecule has 100 valence electrons. The van der Waals surface area contributed by atoms with E-state index in [1.165, 1.54) is 0 Å². The van der Waals surface area contributed by atoms with E-state index >= 15 is 0 Å². The predicted octanol–water partition coefficient (Wildman–Crippen LogP) is 2.32. The molecule has 0 amide bonds. The van der Waals surface area contributed by atoms with Crippen molar-refractivity contribution < 1.29 is 0 Å². The monoisotopic (exact) mass is 275 g/mol. The summed E-state index contributed by atoms with van der Waals surface area (Å²) in [4.78, 5) is 15.1. The number of hydrogen-bond acceptors (Lipinski definition) is 6. The molecule has 0 unspecified atom stereocenters. The number of piperidine rings is 1. The van der Waals surface area contributed by atoms with Crippen LogP contribution in [0.2, 0.25) is 0 Å². The topological polar surface area (TPSA) is 53.9 Å². The summed E-state index contributed by atoms with van der Waals surface area (Å²) in [5.74, 6) is 0.931. The zero-order valence-electron chi connectivity index (χ0n) is 10.9. The smallest absolute Gasteiger partial charge is 0.185 e. The molecule has 0 radical (unpaired) electrons. The summed E-state index contributed by atoms with van der Waals surface area (Å²) in [6.07, 6.45) is 5.71. The van der Waals surface area contributed by atoms with Gasteiger partial charge in [0.25, 0.3) is 0 Å². The van der Waals surface area contributed by atoms with Crippen LogP contribution >= 0.6 is 11.3 Å². The van der Waals surface area contributed by atoms with Gasteiger partial charge in [0.05, 0.1) is 0 Å². The molecule has 0 aromatic carbocycles. The van der Waals surface area contributed by atoms with Gasteiger partial charge in [-0.3, -0.25) is 0 Å². The third-order valence-corrected chi connectivity index (χ3v) is 4.17. The average molecular weight is 275 g/mol. The summed E-state index contributed by atoms with van der Waals surface area (Å²) in [5, 5.41) is 6.66. The Morgan fingerprint density at radius 1 is 1.26 bits per heavy atom. The molecule has 19 heavy (non-hydrogen) atoms. The zero-order valence-corrected chi connectivity index (χ0v) is 11.7. The van der Waals surface area contributed by atoms with Crippen LogP contribution in [0.1, 0.15) is 18.5 Å². The Hall–Kier alpha value is -1.69. The van der Waals surface area contributed by atoms with Gasteiger partial charge in [-0.2, -0.15) is 0 Å². The Morgan fingerprint density at radius 2 is 2.11 bits per heavy atom. The van der Waals surface area contributed by atoms with Crippen molar-refractivity contribution in [3.63, 3.8) is 0 Å². The normalized spacial score (nSPS) is 16.6. The first-order valence-corrected chi connectivity index (χ1v) is 7.39. The van der Waals surface area contributed by atoms with Crippen LogP contribution in [0.15, 0.2) is 24.0 Å². The minimum absolute atomic E-state index is 0.491. The van der Waals surface area contributed by atoms with Gasteiger partial charge < -0.3 is 10.2 Å². The lowest BCUT2D eigenvalue weighted by Gasteiger charge is -2.32. The fourth-order valence-electron chi connectivity index (χ4n) is 2.33. The quantitative estimate of drug-likeness (QED) is 0.931. The number of aryl methyl sites for hydroxylation is 1. The standard InChI is InChI=1S/C13H17N5S/c1-10-8-12(16-9-15-10)17-11-2-5-18(6-3-11)13-14-4-7-19-13/h4,7-9,11H,2-3,5-6H2,1H3,(H,15,16,17). The molecule has 1 fully saturated rings. The number of aromatic nitrogens is 3. The van der Waals surface area contributed by atoms with E-state index in [4.69, 9.17) is 0 Å². The number of hydrogen-bond donors (Lipinski definition) is 1. The Morgan fingerprint density at radius 3 is 2.79 bits per heavy atom. The summed E-state index contributed by atoms with van der Waals surface area (Å²) < 4.78 is 0. The molecule has 2 aromatic rings. The van der Waals surface area contributed by atoms with Crippen LogP contribution in [0.5, 0.6) is 0 Å². The molecular formula is C13H17N5S. The summed E-state index contributed by atoms with van der Waals surface area (Å²) in [5.41, 5.74) is 0.998. The number of nitrogens with zero attached hydrogens (tertiary/aromatic N) is 4. The van der Waals surface area contributed by atoms with Gasteiger partial charge in [0, 0.05) is 42.5 Å². The summed E-state index contributed by atoms with van der Waals surface area (Å²) in [6.45, 7) is 4.09. The molecule has 1 aliphatic heterocycles. The second-order valence-electron chi connectivity index (χ2n) is 4.76. The fraction of sp³-hybridized carbons (Fsp3) is 0.462. The first kappa shape index (κ1) is 12.3. The molecule has 3 rings (SSSR count). The van der Waals surface area contributed by atoms with E-state index in [2.05, 4.69) is 25.2 Å². The van der Waals surface area contributed by atoms with Crippen molar-refractivity contribution in [2.75, 3.05) is 23.3 Å². The lowest BCUT2D eigenvalue weighted by atomic mass is 10.1. The summed E-state index contributed by atoms with van der Waals surface area (Å²) >= 11 is 1.71. The highest BCUT2D eigenvalue weighted by atomic mass is 32.1. The molecule has 0 bridgehead atoms. The highest BCUT2D eigenvalue weighted by Gasteiger charge is 2.20. The van der Waals surface area contributed by atoms with E-state index < -0.39 is 0 Å². The minimum Gasteiger partial charge on any atom is -0.367 e. The van der Waals surface area contributed by atoms with Crippen molar-refractivity contribution in [2.24, 2.45) is 0 Å². The van der Waals surface area contributed by atoms with Crippen molar-refractivity contribution in [1.82, 2.24) is 15.0 Å². The number of rotatable bonds is 3. The van der Waals surface area contributed by atoms with Crippen LogP contribution in [0.25, 0.3) is 0 Å². The molecule has 3 heterocycles. The lowest BCUT2D eigenvalue weighted by molar-refractivity contribution is 0.525. The zero-order chi connectivity index (χ0) is 13.1. The first-order valence-electron chi connectivity index (χ1n) is 6.51. The van der Waals surface area contributed by atoms with Crippen LogP contribution in [0, 0.1) is 6.92 Å². The first-order chi connectivity index (χ1) is 9.31. The van der Waals surface area contributed by atoms with Crippen LogP contribution in [-0.4, -0.2) is 34.1 Å². The van der Waals surface area contributed by atoms with E-state index in [0.29, 0.717) is 6.04 Å². The molecule has 0 spiro atoms. The van der Waals surface area contributed by atoms with Gasteiger partial charge in [-0.05, 0) is 19.8 Å². The van der Waals surface area contributed by atoms with Crippen molar-refractivity contribution in [1.29, 1.82) is 0 Å². The Labute approximate surface area is 116 Å². The van der Waals surface area contributed by atoms with Crippen molar-refractivity contribution in [2.45, 2.75) is 25.8 Å². The van der Waals surface area contributed by atoms with Gasteiger partial charge in [0.2, 0.25) is 0 Å². The van der Waals surface area contributed by atoms with E-state index in [0.717, 1.165) is 42.6 Å². The van der Waals surface area contributed by atoms with E-state index in [-0.39, 0.29) is 0 Å². The molecule has 0 aliphatic carbocycles. The second kappa shape index (κ2) is 5.52. The van der Waals surface area contributed by atoms with Gasteiger partial charge >= 0.3 is 0 Å². The van der Waals surface area contributed by atoms with Gasteiger partial charge in [0.15, 0.2) is 5.13 Å². The average Bonchev–Trinajstić information content (AvgIpc) is 2.94. The third-order valence-electron chi connectivity index (χ3n) is 3.34. The van der Waals surface area contributed by atoms with Crippen LogP contribution in [0.4, 0.5) is 10.9 Å². The minimum atomic E-state index is 0.491. The number of nitrogens with one attached hydrogen (secondary N) is 1. The number of anilines is 2. The summed E-state index contributed by atoms with van der Waals surface area (Å²) in [7, 11) is 0. The molecule has 6 heteroatoms. The molecule has 0 atom stereocenters. The summed E-state index contributed by atoms with van der Waals surface area (Å²) in [6, 6.07) is 2.48. The van der Waals surface area contributed by atoms with Gasteiger partial charge in [0.1, 0.15) is 12.1 Å². The number of thiazole rings is 1. The highest BCUT2D eigenvalue weighted by Crippen LogP contribution is 2.23. The van der Waals surface area contributed by atoms with Crippen molar-refractivity contribution in [3.8, 4) is 0 Å². The Balaban J connectivity index is 1.56.